The van der Waals surface area contributed by atoms with Gasteiger partial charge in [-0.2, -0.15) is 0 Å². The fourth-order valence-electron chi connectivity index (χ4n) is 7.18. The average molecular weight is 781 g/mol. The topological polar surface area (TPSA) is 74.8 Å². The molecule has 0 bridgehead atoms. The summed E-state index contributed by atoms with van der Waals surface area (Å²) in [6, 6.07) is 22.6. The number of amides is 4. The van der Waals surface area contributed by atoms with Crippen LogP contribution in [0.15, 0.2) is 72.8 Å². The molecule has 0 radical (unpaired) electrons. The maximum Gasteiger partial charge on any atom is 0.261 e. The Hall–Kier alpha value is -3.44. The van der Waals surface area contributed by atoms with E-state index >= 15 is 0 Å². The molecule has 8 nitrogen and oxygen atoms in total. The van der Waals surface area contributed by atoms with Crippen molar-refractivity contribution in [1.29, 1.82) is 0 Å². The number of carbonyl (C=O) groups excluding carboxylic acids is 4. The lowest BCUT2D eigenvalue weighted by molar-refractivity contribution is -0.897. The van der Waals surface area contributed by atoms with E-state index in [-0.39, 0.29) is 57.6 Å². The van der Waals surface area contributed by atoms with E-state index in [2.05, 4.69) is 28.2 Å². The van der Waals surface area contributed by atoms with Crippen molar-refractivity contribution in [2.45, 2.75) is 25.7 Å². The molecule has 0 saturated carbocycles. The van der Waals surface area contributed by atoms with Crippen LogP contribution in [0.1, 0.15) is 67.1 Å². The van der Waals surface area contributed by atoms with Gasteiger partial charge in [0.1, 0.15) is 0 Å². The number of imide groups is 2. The van der Waals surface area contributed by atoms with Crippen LogP contribution in [-0.2, 0) is 0 Å². The molecule has 4 aromatic carbocycles. The minimum atomic E-state index is -0.198. The maximum absolute atomic E-state index is 13.2. The standard InChI is InChI=1S/C38H44N4O4.2BrH/c1-41(2,25-11-21-39-35(43)29-17-7-13-27-14-8-18-30(33(27)29)36(39)44)23-5-6-24-42(3,4)26-12-22-40-37(45)31-19-9-15-28-16-10-20-32(34(28)31)38(40)46;;/h7-10,13-20H,5-6,11-12,21-26H2,1-4H3;2*1H/q+2;;/p-2. The molecular weight excluding hydrogens is 736 g/mol. The average Bonchev–Trinajstić information content (AvgIpc) is 3.04. The quantitative estimate of drug-likeness (QED) is 0.105. The lowest BCUT2D eigenvalue weighted by Crippen LogP contribution is -3.00. The Labute approximate surface area is 304 Å². The van der Waals surface area contributed by atoms with Gasteiger partial charge in [0.05, 0.1) is 54.4 Å². The molecule has 0 unspecified atom stereocenters. The van der Waals surface area contributed by atoms with Gasteiger partial charge in [-0.3, -0.25) is 29.0 Å². The van der Waals surface area contributed by atoms with Gasteiger partial charge in [-0.25, -0.2) is 0 Å². The van der Waals surface area contributed by atoms with Crippen molar-refractivity contribution in [2.24, 2.45) is 0 Å². The molecule has 254 valence electrons. The number of hydrogen-bond donors (Lipinski definition) is 0. The molecule has 2 heterocycles. The van der Waals surface area contributed by atoms with Gasteiger partial charge in [-0.05, 0) is 35.0 Å². The maximum atomic E-state index is 13.2. The van der Waals surface area contributed by atoms with E-state index in [1.54, 1.807) is 0 Å². The number of quaternary nitrogens is 2. The summed E-state index contributed by atoms with van der Waals surface area (Å²) in [5, 5.41) is 3.39. The van der Waals surface area contributed by atoms with E-state index in [1.807, 2.05) is 72.8 Å². The lowest BCUT2D eigenvalue weighted by atomic mass is 9.94. The second-order valence-electron chi connectivity index (χ2n) is 14.1. The van der Waals surface area contributed by atoms with Gasteiger partial charge in [0.25, 0.3) is 23.6 Å². The Morgan fingerprint density at radius 1 is 0.438 bits per heavy atom. The summed E-state index contributed by atoms with van der Waals surface area (Å²) in [6.45, 7) is 4.58. The summed E-state index contributed by atoms with van der Waals surface area (Å²) in [4.78, 5) is 55.7. The first-order valence-corrected chi connectivity index (χ1v) is 16.4. The summed E-state index contributed by atoms with van der Waals surface area (Å²) in [6.07, 6.45) is 3.62. The van der Waals surface area contributed by atoms with Crippen LogP contribution in [0.2, 0.25) is 0 Å². The van der Waals surface area contributed by atoms with E-state index in [1.165, 1.54) is 9.80 Å². The molecule has 0 N–H and O–H groups in total. The van der Waals surface area contributed by atoms with E-state index in [9.17, 15) is 19.2 Å². The molecule has 0 spiro atoms. The van der Waals surface area contributed by atoms with Crippen LogP contribution in [0.25, 0.3) is 21.5 Å². The third kappa shape index (κ3) is 7.42. The highest BCUT2D eigenvalue weighted by atomic mass is 79.9. The SMILES string of the molecule is C[N+](C)(CCCC[N+](C)(C)CCCN1C(=O)c2cccc3cccc(c23)C1=O)CCCN1C(=O)c2cccc3cccc(c23)C1=O.[Br-].[Br-]. The third-order valence-corrected chi connectivity index (χ3v) is 9.78. The molecule has 0 aliphatic carbocycles. The zero-order chi connectivity index (χ0) is 32.6. The van der Waals surface area contributed by atoms with E-state index in [0.29, 0.717) is 35.3 Å². The highest BCUT2D eigenvalue weighted by Crippen LogP contribution is 2.31. The highest BCUT2D eigenvalue weighted by molar-refractivity contribution is 6.26. The Morgan fingerprint density at radius 2 is 0.708 bits per heavy atom. The molecule has 0 fully saturated rings. The number of halogens is 2. The molecule has 0 saturated heterocycles. The molecule has 4 aromatic rings. The Bertz CT molecular complexity index is 1640. The Balaban J connectivity index is 0.00000260. The highest BCUT2D eigenvalue weighted by Gasteiger charge is 2.34. The summed E-state index contributed by atoms with van der Waals surface area (Å²) in [5.41, 5.74) is 2.44. The fourth-order valence-corrected chi connectivity index (χ4v) is 7.18. The first-order valence-electron chi connectivity index (χ1n) is 16.4. The number of hydrogen-bond acceptors (Lipinski definition) is 4. The number of carbonyl (C=O) groups is 4. The summed E-state index contributed by atoms with van der Waals surface area (Å²) >= 11 is 0. The zero-order valence-corrected chi connectivity index (χ0v) is 31.3. The molecule has 48 heavy (non-hydrogen) atoms. The Morgan fingerprint density at radius 3 is 1.00 bits per heavy atom. The predicted molar refractivity (Wildman–Crippen MR) is 181 cm³/mol. The minimum absolute atomic E-state index is 0. The van der Waals surface area contributed by atoms with Crippen molar-refractivity contribution in [2.75, 3.05) is 67.5 Å². The van der Waals surface area contributed by atoms with E-state index in [0.717, 1.165) is 82.4 Å². The second kappa shape index (κ2) is 15.0. The molecule has 2 aliphatic rings. The van der Waals surface area contributed by atoms with Gasteiger partial charge in [0.2, 0.25) is 0 Å². The van der Waals surface area contributed by atoms with Crippen LogP contribution >= 0.6 is 0 Å². The molecule has 6 rings (SSSR count). The van der Waals surface area contributed by atoms with Gasteiger partial charge >= 0.3 is 0 Å². The molecular formula is C38H44Br2N4O4. The zero-order valence-electron chi connectivity index (χ0n) is 28.2. The number of nitrogens with zero attached hydrogens (tertiary/aromatic N) is 4. The predicted octanol–water partition coefficient (Wildman–Crippen LogP) is -0.394. The summed E-state index contributed by atoms with van der Waals surface area (Å²) < 4.78 is 1.65. The molecule has 10 heteroatoms. The van der Waals surface area contributed by atoms with Gasteiger partial charge < -0.3 is 42.9 Å². The number of benzene rings is 4. The van der Waals surface area contributed by atoms with Gasteiger partial charge in [-0.1, -0.05) is 48.5 Å². The van der Waals surface area contributed by atoms with Crippen molar-refractivity contribution < 1.29 is 62.1 Å². The van der Waals surface area contributed by atoms with Crippen molar-refractivity contribution >= 4 is 45.2 Å². The van der Waals surface area contributed by atoms with Crippen LogP contribution < -0.4 is 34.0 Å². The second-order valence-corrected chi connectivity index (χ2v) is 14.1. The first kappa shape index (κ1) is 37.4. The molecule has 4 amide bonds. The smallest absolute Gasteiger partial charge is 0.261 e. The van der Waals surface area contributed by atoms with Gasteiger partial charge in [0.15, 0.2) is 0 Å². The summed E-state index contributed by atoms with van der Waals surface area (Å²) in [7, 11) is 8.84. The lowest BCUT2D eigenvalue weighted by Gasteiger charge is -2.34. The van der Waals surface area contributed by atoms with Crippen LogP contribution in [0, 0.1) is 0 Å². The monoisotopic (exact) mass is 778 g/mol. The summed E-state index contributed by atoms with van der Waals surface area (Å²) in [5.74, 6) is -0.793. The van der Waals surface area contributed by atoms with E-state index in [4.69, 9.17) is 0 Å². The van der Waals surface area contributed by atoms with Gasteiger partial charge in [-0.15, -0.1) is 0 Å². The van der Waals surface area contributed by atoms with Crippen molar-refractivity contribution in [1.82, 2.24) is 9.80 Å². The van der Waals surface area contributed by atoms with Crippen molar-refractivity contribution in [3.8, 4) is 0 Å². The molecule has 0 aromatic heterocycles. The molecule has 2 aliphatic heterocycles. The largest absolute Gasteiger partial charge is 1.00 e. The van der Waals surface area contributed by atoms with Crippen LogP contribution in [-0.4, -0.2) is 110 Å². The van der Waals surface area contributed by atoms with Crippen molar-refractivity contribution in [3.05, 3.63) is 95.1 Å². The van der Waals surface area contributed by atoms with Crippen molar-refractivity contribution in [3.63, 3.8) is 0 Å². The molecule has 0 atom stereocenters. The van der Waals surface area contributed by atoms with Crippen LogP contribution in [0.5, 0.6) is 0 Å². The number of rotatable bonds is 13. The van der Waals surface area contributed by atoms with Crippen LogP contribution in [0.3, 0.4) is 0 Å². The minimum Gasteiger partial charge on any atom is -1.00 e. The normalized spacial score (nSPS) is 14.4. The van der Waals surface area contributed by atoms with Crippen LogP contribution in [0.4, 0.5) is 0 Å². The first-order chi connectivity index (χ1) is 22.0. The third-order valence-electron chi connectivity index (χ3n) is 9.78. The fraction of sp³-hybridized carbons (Fsp3) is 0.368. The van der Waals surface area contributed by atoms with E-state index < -0.39 is 0 Å². The number of unbranched alkanes of at least 4 members (excludes halogenated alkanes) is 1. The van der Waals surface area contributed by atoms with Gasteiger partial charge in [0, 0.05) is 71.8 Å². The Kier molecular flexibility index (Phi) is 11.7.